The highest BCUT2D eigenvalue weighted by molar-refractivity contribution is 7.89. The van der Waals surface area contributed by atoms with Crippen LogP contribution in [-0.4, -0.2) is 57.1 Å². The van der Waals surface area contributed by atoms with Gasteiger partial charge in [0.1, 0.15) is 11.1 Å². The summed E-state index contributed by atoms with van der Waals surface area (Å²) in [5.74, 6) is -0.589. The quantitative estimate of drug-likeness (QED) is 0.589. The van der Waals surface area contributed by atoms with Crippen molar-refractivity contribution in [2.24, 2.45) is 0 Å². The molecule has 206 valence electrons. The van der Waals surface area contributed by atoms with Crippen LogP contribution >= 0.6 is 0 Å². The predicted molar refractivity (Wildman–Crippen MR) is 142 cm³/mol. The molecule has 3 aliphatic rings. The van der Waals surface area contributed by atoms with E-state index in [2.05, 4.69) is 5.32 Å². The lowest BCUT2D eigenvalue weighted by atomic mass is 9.73. The molecular formula is C29H37FN2O5S. The van der Waals surface area contributed by atoms with E-state index >= 15 is 4.39 Å². The van der Waals surface area contributed by atoms with Crippen LogP contribution in [0.3, 0.4) is 0 Å². The van der Waals surface area contributed by atoms with E-state index in [1.807, 2.05) is 37.3 Å². The van der Waals surface area contributed by atoms with Gasteiger partial charge in [0.15, 0.2) is 0 Å². The molecule has 0 radical (unpaired) electrons. The number of ether oxygens (including phenoxy) is 2. The highest BCUT2D eigenvalue weighted by atomic mass is 32.2. The maximum Gasteiger partial charge on any atom is 0.231 e. The van der Waals surface area contributed by atoms with E-state index in [9.17, 15) is 13.2 Å². The largest absolute Gasteiger partial charge is 0.381 e. The smallest absolute Gasteiger partial charge is 0.231 e. The zero-order chi connectivity index (χ0) is 26.8. The van der Waals surface area contributed by atoms with Gasteiger partial charge in [0.2, 0.25) is 15.9 Å². The van der Waals surface area contributed by atoms with Crippen molar-refractivity contribution >= 4 is 15.9 Å². The number of amides is 1. The standard InChI is InChI=1S/C29H37FN2O5S/c1-21-7-10-27(22-5-3-2-4-6-22)38(34,35)32(21)20-23-8-9-24(19-26(23)30)29(13-17-37-18-14-29)28(33)31-25-11-15-36-16-12-25/h2-6,8-9,19,21,25,27H,7,10-18,20H2,1H3,(H,31,33)/t21-,27+/m0/s1. The second-order valence-electron chi connectivity index (χ2n) is 10.8. The topological polar surface area (TPSA) is 84.9 Å². The highest BCUT2D eigenvalue weighted by Gasteiger charge is 2.44. The molecule has 5 rings (SSSR count). The van der Waals surface area contributed by atoms with Gasteiger partial charge in [0.25, 0.3) is 0 Å². The normalized spacial score (nSPS) is 26.1. The van der Waals surface area contributed by atoms with E-state index in [-0.39, 0.29) is 24.5 Å². The molecule has 0 saturated carbocycles. The molecule has 0 spiro atoms. The van der Waals surface area contributed by atoms with Crippen LogP contribution in [0.5, 0.6) is 0 Å². The average Bonchev–Trinajstić information content (AvgIpc) is 2.93. The molecule has 2 aromatic carbocycles. The first kappa shape index (κ1) is 27.2. The van der Waals surface area contributed by atoms with E-state index < -0.39 is 26.5 Å². The second kappa shape index (κ2) is 11.4. The zero-order valence-corrected chi connectivity index (χ0v) is 22.7. The van der Waals surface area contributed by atoms with Crippen LogP contribution in [0, 0.1) is 5.82 Å². The Balaban J connectivity index is 1.39. The predicted octanol–water partition coefficient (Wildman–Crippen LogP) is 4.22. The summed E-state index contributed by atoms with van der Waals surface area (Å²) in [4.78, 5) is 13.6. The Bertz CT molecular complexity index is 1230. The Morgan fingerprint density at radius 1 is 1.00 bits per heavy atom. The number of sulfonamides is 1. The van der Waals surface area contributed by atoms with Crippen molar-refractivity contribution in [3.05, 3.63) is 71.0 Å². The lowest BCUT2D eigenvalue weighted by Gasteiger charge is -2.39. The summed E-state index contributed by atoms with van der Waals surface area (Å²) in [7, 11) is -3.68. The van der Waals surface area contributed by atoms with Crippen molar-refractivity contribution in [2.45, 2.75) is 74.7 Å². The van der Waals surface area contributed by atoms with Crippen LogP contribution < -0.4 is 5.32 Å². The molecule has 1 N–H and O–H groups in total. The van der Waals surface area contributed by atoms with Crippen LogP contribution in [0.4, 0.5) is 4.39 Å². The third kappa shape index (κ3) is 5.39. The lowest BCUT2D eigenvalue weighted by Crippen LogP contribution is -2.52. The number of hydrogen-bond donors (Lipinski definition) is 1. The Labute approximate surface area is 224 Å². The molecule has 0 aromatic heterocycles. The van der Waals surface area contributed by atoms with Gasteiger partial charge >= 0.3 is 0 Å². The fourth-order valence-electron chi connectivity index (χ4n) is 6.03. The molecule has 0 bridgehead atoms. The van der Waals surface area contributed by atoms with Gasteiger partial charge in [-0.2, -0.15) is 4.31 Å². The number of carbonyl (C=O) groups excluding carboxylic acids is 1. The Morgan fingerprint density at radius 3 is 2.37 bits per heavy atom. The number of halogens is 1. The van der Waals surface area contributed by atoms with Crippen LogP contribution in [0.2, 0.25) is 0 Å². The maximum absolute atomic E-state index is 15.7. The van der Waals surface area contributed by atoms with Gasteiger partial charge in [-0.1, -0.05) is 42.5 Å². The first-order valence-electron chi connectivity index (χ1n) is 13.6. The molecule has 1 amide bonds. The number of benzene rings is 2. The summed E-state index contributed by atoms with van der Waals surface area (Å²) in [5, 5.41) is 2.54. The molecule has 7 nitrogen and oxygen atoms in total. The SMILES string of the molecule is C[C@H]1CC[C@H](c2ccccc2)S(=O)(=O)N1Cc1ccc(C2(C(=O)NC3CCOCC3)CCOCC2)cc1F. The first-order valence-corrected chi connectivity index (χ1v) is 15.1. The molecule has 2 atom stereocenters. The Morgan fingerprint density at radius 2 is 1.68 bits per heavy atom. The van der Waals surface area contributed by atoms with Gasteiger partial charge in [0, 0.05) is 50.6 Å². The third-order valence-electron chi connectivity index (χ3n) is 8.47. The van der Waals surface area contributed by atoms with Gasteiger partial charge < -0.3 is 14.8 Å². The summed E-state index contributed by atoms with van der Waals surface area (Å²) in [5.41, 5.74) is 0.809. The van der Waals surface area contributed by atoms with Gasteiger partial charge in [-0.25, -0.2) is 12.8 Å². The molecule has 3 saturated heterocycles. The van der Waals surface area contributed by atoms with E-state index in [0.717, 1.165) is 18.4 Å². The third-order valence-corrected chi connectivity index (χ3v) is 10.8. The van der Waals surface area contributed by atoms with Crippen molar-refractivity contribution < 1.29 is 27.1 Å². The number of carbonyl (C=O) groups is 1. The van der Waals surface area contributed by atoms with Crippen molar-refractivity contribution in [3.8, 4) is 0 Å². The minimum absolute atomic E-state index is 0.0384. The molecule has 3 aliphatic heterocycles. The Kier molecular flexibility index (Phi) is 8.19. The fraction of sp³-hybridized carbons (Fsp3) is 0.552. The maximum atomic E-state index is 15.7. The van der Waals surface area contributed by atoms with Gasteiger partial charge in [-0.05, 0) is 62.6 Å². The second-order valence-corrected chi connectivity index (χ2v) is 12.8. The average molecular weight is 545 g/mol. The fourth-order valence-corrected chi connectivity index (χ4v) is 8.21. The minimum Gasteiger partial charge on any atom is -0.381 e. The van der Waals surface area contributed by atoms with Gasteiger partial charge in [-0.3, -0.25) is 4.79 Å². The highest BCUT2D eigenvalue weighted by Crippen LogP contribution is 2.40. The van der Waals surface area contributed by atoms with Crippen LogP contribution in [0.25, 0.3) is 0 Å². The van der Waals surface area contributed by atoms with E-state index in [0.29, 0.717) is 63.2 Å². The minimum atomic E-state index is -3.68. The summed E-state index contributed by atoms with van der Waals surface area (Å²) in [6, 6.07) is 13.9. The van der Waals surface area contributed by atoms with Crippen molar-refractivity contribution in [3.63, 3.8) is 0 Å². The monoisotopic (exact) mass is 544 g/mol. The molecule has 38 heavy (non-hydrogen) atoms. The summed E-state index contributed by atoms with van der Waals surface area (Å²) >= 11 is 0. The zero-order valence-electron chi connectivity index (χ0n) is 21.9. The number of nitrogens with one attached hydrogen (secondary N) is 1. The number of hydrogen-bond acceptors (Lipinski definition) is 5. The molecule has 3 fully saturated rings. The molecular weight excluding hydrogens is 507 g/mol. The molecule has 0 unspecified atom stereocenters. The molecule has 2 aromatic rings. The van der Waals surface area contributed by atoms with E-state index in [1.54, 1.807) is 12.1 Å². The van der Waals surface area contributed by atoms with E-state index in [1.165, 1.54) is 10.4 Å². The van der Waals surface area contributed by atoms with Crippen LogP contribution in [0.1, 0.15) is 67.4 Å². The number of nitrogens with zero attached hydrogens (tertiary/aromatic N) is 1. The van der Waals surface area contributed by atoms with Crippen molar-refractivity contribution in [1.29, 1.82) is 0 Å². The first-order chi connectivity index (χ1) is 18.3. The van der Waals surface area contributed by atoms with Gasteiger partial charge in [0.05, 0.1) is 5.41 Å². The van der Waals surface area contributed by atoms with E-state index in [4.69, 9.17) is 9.47 Å². The van der Waals surface area contributed by atoms with Crippen LogP contribution in [-0.2, 0) is 36.3 Å². The van der Waals surface area contributed by atoms with Crippen molar-refractivity contribution in [2.75, 3.05) is 26.4 Å². The van der Waals surface area contributed by atoms with Crippen LogP contribution in [0.15, 0.2) is 48.5 Å². The number of rotatable bonds is 6. The Hall–Kier alpha value is -2.33. The van der Waals surface area contributed by atoms with Crippen molar-refractivity contribution in [1.82, 2.24) is 9.62 Å². The molecule has 9 heteroatoms. The molecule has 0 aliphatic carbocycles. The summed E-state index contributed by atoms with van der Waals surface area (Å²) < 4.78 is 55.3. The summed E-state index contributed by atoms with van der Waals surface area (Å²) in [6.45, 7) is 3.93. The van der Waals surface area contributed by atoms with Gasteiger partial charge in [-0.15, -0.1) is 0 Å². The summed E-state index contributed by atoms with van der Waals surface area (Å²) in [6.07, 6.45) is 3.71. The lowest BCUT2D eigenvalue weighted by molar-refractivity contribution is -0.131. The molecule has 3 heterocycles.